The Morgan fingerprint density at radius 3 is 1.62 bits per heavy atom. The van der Waals surface area contributed by atoms with Crippen LogP contribution in [-0.4, -0.2) is 55.9 Å². The molecule has 0 aromatic heterocycles. The SMILES string of the molecule is CC(C)OC(C(O)CC[N+](=O)[O-])C(COC(c1ccccc1)(c1ccccc1)c1ccccc1)O[Si](C)(C)C(C)(C)C. The Morgan fingerprint density at radius 2 is 1.26 bits per heavy atom. The third-order valence-electron chi connectivity index (χ3n) is 8.04. The molecule has 42 heavy (non-hydrogen) atoms. The molecular formula is C34H47NO6Si. The molecule has 7 nitrogen and oxygen atoms in total. The first kappa shape index (κ1) is 33.6. The summed E-state index contributed by atoms with van der Waals surface area (Å²) in [6.45, 7) is 14.2. The lowest BCUT2D eigenvalue weighted by molar-refractivity contribution is -0.482. The number of rotatable bonds is 15. The summed E-state index contributed by atoms with van der Waals surface area (Å²) in [4.78, 5) is 10.8. The minimum atomic E-state index is -2.41. The van der Waals surface area contributed by atoms with Crippen molar-refractivity contribution in [2.75, 3.05) is 13.2 Å². The van der Waals surface area contributed by atoms with Gasteiger partial charge >= 0.3 is 0 Å². The second kappa shape index (κ2) is 14.5. The van der Waals surface area contributed by atoms with E-state index in [4.69, 9.17) is 13.9 Å². The molecule has 0 spiro atoms. The maximum atomic E-state index is 11.3. The van der Waals surface area contributed by atoms with Crippen LogP contribution in [0.1, 0.15) is 57.7 Å². The fourth-order valence-corrected chi connectivity index (χ4v) is 6.18. The van der Waals surface area contributed by atoms with E-state index in [2.05, 4.69) is 70.3 Å². The highest BCUT2D eigenvalue weighted by atomic mass is 28.4. The highest BCUT2D eigenvalue weighted by Gasteiger charge is 2.45. The van der Waals surface area contributed by atoms with E-state index in [0.29, 0.717) is 0 Å². The van der Waals surface area contributed by atoms with E-state index in [1.807, 2.05) is 68.4 Å². The molecule has 228 valence electrons. The number of hydrogen-bond donors (Lipinski definition) is 1. The molecule has 3 atom stereocenters. The molecular weight excluding hydrogens is 546 g/mol. The molecule has 3 aromatic carbocycles. The quantitative estimate of drug-likeness (QED) is 0.0867. The number of hydrogen-bond acceptors (Lipinski definition) is 6. The van der Waals surface area contributed by atoms with Gasteiger partial charge in [-0.1, -0.05) is 112 Å². The van der Waals surface area contributed by atoms with Crippen molar-refractivity contribution in [3.63, 3.8) is 0 Å². The normalized spacial score (nSPS) is 14.9. The van der Waals surface area contributed by atoms with Crippen LogP contribution in [0.2, 0.25) is 18.1 Å². The number of ether oxygens (including phenoxy) is 2. The number of benzene rings is 3. The lowest BCUT2D eigenvalue weighted by Gasteiger charge is -2.44. The minimum absolute atomic E-state index is 0.0526. The van der Waals surface area contributed by atoms with Crippen molar-refractivity contribution in [1.82, 2.24) is 0 Å². The average Bonchev–Trinajstić information content (AvgIpc) is 2.95. The van der Waals surface area contributed by atoms with Crippen LogP contribution in [0.5, 0.6) is 0 Å². The van der Waals surface area contributed by atoms with E-state index >= 15 is 0 Å². The third kappa shape index (κ3) is 8.36. The molecule has 8 heteroatoms. The van der Waals surface area contributed by atoms with Gasteiger partial charge in [0.05, 0.1) is 24.9 Å². The standard InChI is InChI=1S/C34H47NO6Si/c1-26(2)40-32(30(36)23-24-35(37)38)31(41-42(6,7)33(3,4)5)25-39-34(27-17-11-8-12-18-27,28-19-13-9-14-20-28)29-21-15-10-16-22-29/h8-22,26,30-32,36H,23-25H2,1-7H3. The van der Waals surface area contributed by atoms with Crippen molar-refractivity contribution >= 4 is 8.32 Å². The second-order valence-corrected chi connectivity index (χ2v) is 17.3. The maximum absolute atomic E-state index is 11.3. The lowest BCUT2D eigenvalue weighted by atomic mass is 9.80. The zero-order valence-electron chi connectivity index (χ0n) is 26.0. The molecule has 0 heterocycles. The van der Waals surface area contributed by atoms with Crippen molar-refractivity contribution in [1.29, 1.82) is 0 Å². The van der Waals surface area contributed by atoms with E-state index in [0.717, 1.165) is 16.7 Å². The van der Waals surface area contributed by atoms with Crippen molar-refractivity contribution in [3.05, 3.63) is 118 Å². The summed E-state index contributed by atoms with van der Waals surface area (Å²) in [5.74, 6) is 0. The fourth-order valence-electron chi connectivity index (χ4n) is 4.87. The van der Waals surface area contributed by atoms with Gasteiger partial charge in [0.1, 0.15) is 11.7 Å². The Hall–Kier alpha value is -2.88. The third-order valence-corrected chi connectivity index (χ3v) is 12.5. The molecule has 0 aliphatic carbocycles. The lowest BCUT2D eigenvalue weighted by Crippen LogP contribution is -2.54. The average molecular weight is 594 g/mol. The first-order valence-electron chi connectivity index (χ1n) is 14.7. The van der Waals surface area contributed by atoms with Gasteiger partial charge < -0.3 is 19.0 Å². The summed E-state index contributed by atoms with van der Waals surface area (Å²) in [5, 5.41) is 22.4. The second-order valence-electron chi connectivity index (χ2n) is 12.6. The van der Waals surface area contributed by atoms with Crippen LogP contribution < -0.4 is 0 Å². The molecule has 3 aromatic rings. The monoisotopic (exact) mass is 593 g/mol. The van der Waals surface area contributed by atoms with Crippen molar-refractivity contribution in [3.8, 4) is 0 Å². The summed E-state index contributed by atoms with van der Waals surface area (Å²) >= 11 is 0. The molecule has 0 radical (unpaired) electrons. The van der Waals surface area contributed by atoms with Gasteiger partial charge in [-0.15, -0.1) is 0 Å². The molecule has 0 saturated carbocycles. The van der Waals surface area contributed by atoms with E-state index < -0.39 is 37.2 Å². The molecule has 0 saturated heterocycles. The van der Waals surface area contributed by atoms with Crippen LogP contribution in [0.3, 0.4) is 0 Å². The van der Waals surface area contributed by atoms with Gasteiger partial charge in [-0.3, -0.25) is 10.1 Å². The Bertz CT molecular complexity index is 1130. The molecule has 0 amide bonds. The summed E-state index contributed by atoms with van der Waals surface area (Å²) < 4.78 is 20.4. The van der Waals surface area contributed by atoms with Gasteiger partial charge in [0, 0.05) is 11.3 Å². The van der Waals surface area contributed by atoms with Crippen LogP contribution in [0.25, 0.3) is 0 Å². The van der Waals surface area contributed by atoms with Crippen LogP contribution >= 0.6 is 0 Å². The summed E-state index contributed by atoms with van der Waals surface area (Å²) in [6.07, 6.45) is -2.93. The Labute approximate surface area is 252 Å². The summed E-state index contributed by atoms with van der Waals surface area (Å²) in [6, 6.07) is 30.2. The van der Waals surface area contributed by atoms with Crippen molar-refractivity contribution in [2.45, 2.75) is 89.2 Å². The Kier molecular flexibility index (Phi) is 11.6. The number of aliphatic hydroxyl groups excluding tert-OH is 1. The van der Waals surface area contributed by atoms with E-state index in [9.17, 15) is 15.2 Å². The summed E-state index contributed by atoms with van der Waals surface area (Å²) in [5.41, 5.74) is 1.85. The van der Waals surface area contributed by atoms with E-state index in [1.54, 1.807) is 0 Å². The first-order valence-corrected chi connectivity index (χ1v) is 17.6. The highest BCUT2D eigenvalue weighted by Crippen LogP contribution is 2.42. The summed E-state index contributed by atoms with van der Waals surface area (Å²) in [7, 11) is -2.41. The van der Waals surface area contributed by atoms with Crippen molar-refractivity contribution in [2.24, 2.45) is 0 Å². The largest absolute Gasteiger partial charge is 0.409 e. The van der Waals surface area contributed by atoms with Gasteiger partial charge in [-0.2, -0.15) is 0 Å². The molecule has 0 aliphatic rings. The highest BCUT2D eigenvalue weighted by molar-refractivity contribution is 6.74. The first-order chi connectivity index (χ1) is 19.8. The fraction of sp³-hybridized carbons (Fsp3) is 0.471. The van der Waals surface area contributed by atoms with Crippen LogP contribution in [-0.2, 0) is 19.5 Å². The van der Waals surface area contributed by atoms with Crippen molar-refractivity contribution < 1.29 is 23.9 Å². The van der Waals surface area contributed by atoms with E-state index in [1.165, 1.54) is 0 Å². The molecule has 0 bridgehead atoms. The Morgan fingerprint density at radius 1 is 0.833 bits per heavy atom. The molecule has 3 unspecified atom stereocenters. The zero-order valence-corrected chi connectivity index (χ0v) is 27.0. The van der Waals surface area contributed by atoms with Gasteiger partial charge in [-0.25, -0.2) is 0 Å². The van der Waals surface area contributed by atoms with Gasteiger partial charge in [-0.05, 0) is 48.7 Å². The number of aliphatic hydroxyl groups is 1. The smallest absolute Gasteiger partial charge is 0.206 e. The predicted octanol–water partition coefficient (Wildman–Crippen LogP) is 7.21. The number of nitro groups is 1. The van der Waals surface area contributed by atoms with Gasteiger partial charge in [0.2, 0.25) is 6.54 Å². The molecule has 3 rings (SSSR count). The molecule has 0 aliphatic heterocycles. The van der Waals surface area contributed by atoms with Gasteiger partial charge in [0.15, 0.2) is 8.32 Å². The predicted molar refractivity (Wildman–Crippen MR) is 170 cm³/mol. The van der Waals surface area contributed by atoms with E-state index in [-0.39, 0.29) is 30.7 Å². The minimum Gasteiger partial charge on any atom is -0.409 e. The molecule has 0 fully saturated rings. The Balaban J connectivity index is 2.16. The van der Waals surface area contributed by atoms with Crippen LogP contribution in [0.15, 0.2) is 91.0 Å². The van der Waals surface area contributed by atoms with Crippen LogP contribution in [0, 0.1) is 10.1 Å². The molecule has 1 N–H and O–H groups in total. The van der Waals surface area contributed by atoms with Gasteiger partial charge in [0.25, 0.3) is 0 Å². The topological polar surface area (TPSA) is 91.1 Å². The van der Waals surface area contributed by atoms with Crippen LogP contribution in [0.4, 0.5) is 0 Å². The zero-order chi connectivity index (χ0) is 31.0. The maximum Gasteiger partial charge on any atom is 0.206 e. The number of nitrogens with zero attached hydrogens (tertiary/aromatic N) is 1.